The minimum absolute atomic E-state index is 0.0219. The summed E-state index contributed by atoms with van der Waals surface area (Å²) in [6.07, 6.45) is -0.317. The monoisotopic (exact) mass is 558 g/mol. The zero-order valence-corrected chi connectivity index (χ0v) is 23.3. The van der Waals surface area contributed by atoms with Crippen molar-refractivity contribution < 1.29 is 33.6 Å². The summed E-state index contributed by atoms with van der Waals surface area (Å²) in [7, 11) is 0. The molecule has 0 amide bonds. The fourth-order valence-corrected chi connectivity index (χ4v) is 4.75. The van der Waals surface area contributed by atoms with E-state index in [0.29, 0.717) is 42.2 Å². The lowest BCUT2D eigenvalue weighted by Gasteiger charge is -2.41. The van der Waals surface area contributed by atoms with Crippen LogP contribution in [0.15, 0.2) is 66.7 Å². The minimum atomic E-state index is -1.79. The lowest BCUT2D eigenvalue weighted by atomic mass is 9.87. The maximum absolute atomic E-state index is 14.4. The van der Waals surface area contributed by atoms with Gasteiger partial charge in [0.05, 0.1) is 32.0 Å². The second-order valence-electron chi connectivity index (χ2n) is 9.15. The van der Waals surface area contributed by atoms with Crippen LogP contribution in [0.2, 0.25) is 5.02 Å². The van der Waals surface area contributed by atoms with E-state index in [2.05, 4.69) is 0 Å². The molecular weight excluding hydrogens is 523 g/mol. The summed E-state index contributed by atoms with van der Waals surface area (Å²) >= 11 is 6.47. The Kier molecular flexibility index (Phi) is 11.3. The summed E-state index contributed by atoms with van der Waals surface area (Å²) in [6.45, 7) is 5.79. The Hall–Kier alpha value is -2.97. The van der Waals surface area contributed by atoms with Crippen LogP contribution >= 0.6 is 11.6 Å². The standard InChI is InChI=1S/C29H30ClFO6.C2H6/c1-2-35-26-11-8-20(13-25(26)31)12-22-14-21(9-10-24(22)30)27-15-23(16-29(18-32,37-27)28(33)34)36-17-19-6-4-3-5-7-19;1-2/h3-11,13-14,23,27,32H,2,12,15-18H2,1H3,(H,33,34);1-2H3/t23?,27-,29-;/m1./s1. The molecular formula is C31H36ClFO6. The van der Waals surface area contributed by atoms with Gasteiger partial charge in [0.1, 0.15) is 0 Å². The largest absolute Gasteiger partial charge is 0.491 e. The third kappa shape index (κ3) is 7.79. The second kappa shape index (κ2) is 14.4. The molecule has 0 saturated carbocycles. The van der Waals surface area contributed by atoms with Gasteiger partial charge in [0.15, 0.2) is 17.2 Å². The zero-order valence-electron chi connectivity index (χ0n) is 22.5. The fourth-order valence-electron chi connectivity index (χ4n) is 4.56. The van der Waals surface area contributed by atoms with E-state index in [9.17, 15) is 19.4 Å². The van der Waals surface area contributed by atoms with Crippen molar-refractivity contribution in [2.75, 3.05) is 13.2 Å². The van der Waals surface area contributed by atoms with Gasteiger partial charge < -0.3 is 24.4 Å². The van der Waals surface area contributed by atoms with Crippen molar-refractivity contribution in [2.24, 2.45) is 0 Å². The molecule has 1 aliphatic rings. The second-order valence-corrected chi connectivity index (χ2v) is 9.56. The minimum Gasteiger partial charge on any atom is -0.491 e. The van der Waals surface area contributed by atoms with E-state index in [1.165, 1.54) is 6.07 Å². The molecule has 1 unspecified atom stereocenters. The van der Waals surface area contributed by atoms with Crippen LogP contribution in [0.25, 0.3) is 0 Å². The number of hydrogen-bond donors (Lipinski definition) is 2. The number of carboxylic acid groups (broad SMARTS) is 1. The van der Waals surface area contributed by atoms with E-state index in [4.69, 9.17) is 25.8 Å². The average Bonchev–Trinajstić information content (AvgIpc) is 2.96. The molecule has 3 atom stereocenters. The van der Waals surface area contributed by atoms with E-state index >= 15 is 0 Å². The molecule has 1 fully saturated rings. The molecule has 1 saturated heterocycles. The number of aliphatic carboxylic acids is 1. The fraction of sp³-hybridized carbons (Fsp3) is 0.387. The van der Waals surface area contributed by atoms with E-state index < -0.39 is 36.2 Å². The van der Waals surface area contributed by atoms with Crippen LogP contribution in [0, 0.1) is 5.82 Å². The third-order valence-electron chi connectivity index (χ3n) is 6.51. The molecule has 4 rings (SSSR count). The maximum atomic E-state index is 14.4. The number of aliphatic hydroxyl groups excluding tert-OH is 1. The Morgan fingerprint density at radius 3 is 2.49 bits per heavy atom. The first-order valence-corrected chi connectivity index (χ1v) is 13.6. The first kappa shape index (κ1) is 30.6. The van der Waals surface area contributed by atoms with Gasteiger partial charge in [-0.2, -0.15) is 0 Å². The Labute approximate surface area is 234 Å². The first-order valence-electron chi connectivity index (χ1n) is 13.2. The number of carbonyl (C=O) groups is 1. The van der Waals surface area contributed by atoms with E-state index in [0.717, 1.165) is 11.1 Å². The van der Waals surface area contributed by atoms with Crippen LogP contribution in [0.1, 0.15) is 62.0 Å². The number of carboxylic acids is 1. The molecule has 0 radical (unpaired) electrons. The van der Waals surface area contributed by atoms with Crippen LogP contribution < -0.4 is 4.74 Å². The summed E-state index contributed by atoms with van der Waals surface area (Å²) < 4.78 is 31.7. The van der Waals surface area contributed by atoms with Crippen LogP contribution in [-0.4, -0.2) is 41.1 Å². The van der Waals surface area contributed by atoms with Gasteiger partial charge in [-0.15, -0.1) is 0 Å². The Morgan fingerprint density at radius 2 is 1.85 bits per heavy atom. The van der Waals surface area contributed by atoms with Gasteiger partial charge in [-0.25, -0.2) is 9.18 Å². The van der Waals surface area contributed by atoms with E-state index in [-0.39, 0.29) is 12.2 Å². The molecule has 39 heavy (non-hydrogen) atoms. The molecule has 1 aliphatic heterocycles. The quantitative estimate of drug-likeness (QED) is 0.286. The Morgan fingerprint density at radius 1 is 1.10 bits per heavy atom. The normalized spacial score (nSPS) is 20.6. The summed E-state index contributed by atoms with van der Waals surface area (Å²) in [5.74, 6) is -1.50. The summed E-state index contributed by atoms with van der Waals surface area (Å²) in [4.78, 5) is 12.2. The van der Waals surface area contributed by atoms with Crippen molar-refractivity contribution in [3.63, 3.8) is 0 Å². The number of rotatable bonds is 10. The lowest BCUT2D eigenvalue weighted by Crippen LogP contribution is -2.52. The zero-order chi connectivity index (χ0) is 28.4. The van der Waals surface area contributed by atoms with Gasteiger partial charge in [0.25, 0.3) is 0 Å². The van der Waals surface area contributed by atoms with Crippen LogP contribution in [-0.2, 0) is 27.3 Å². The van der Waals surface area contributed by atoms with Crippen LogP contribution in [0.5, 0.6) is 5.75 Å². The van der Waals surface area contributed by atoms with Crippen molar-refractivity contribution in [1.29, 1.82) is 0 Å². The van der Waals surface area contributed by atoms with Gasteiger partial charge in [-0.05, 0) is 53.8 Å². The average molecular weight is 559 g/mol. The van der Waals surface area contributed by atoms with E-state index in [1.807, 2.05) is 50.2 Å². The molecule has 6 nitrogen and oxygen atoms in total. The van der Waals surface area contributed by atoms with Crippen molar-refractivity contribution in [3.05, 3.63) is 99.8 Å². The molecule has 0 spiro atoms. The number of halogens is 2. The number of hydrogen-bond acceptors (Lipinski definition) is 5. The Bertz CT molecular complexity index is 1220. The third-order valence-corrected chi connectivity index (χ3v) is 6.88. The summed E-state index contributed by atoms with van der Waals surface area (Å²) in [6, 6.07) is 19.7. The molecule has 0 aromatic heterocycles. The highest BCUT2D eigenvalue weighted by Gasteiger charge is 2.48. The smallest absolute Gasteiger partial charge is 0.338 e. The highest BCUT2D eigenvalue weighted by Crippen LogP contribution is 2.40. The molecule has 3 aromatic rings. The maximum Gasteiger partial charge on any atom is 0.338 e. The number of benzene rings is 3. The SMILES string of the molecule is CC.CCOc1ccc(Cc2cc([C@H]3CC(OCc4ccccc4)C[C@@](CO)(C(=O)O)O3)ccc2Cl)cc1F. The van der Waals surface area contributed by atoms with Gasteiger partial charge in [-0.3, -0.25) is 0 Å². The molecule has 3 aromatic carbocycles. The van der Waals surface area contributed by atoms with Crippen molar-refractivity contribution in [3.8, 4) is 5.75 Å². The molecule has 0 bridgehead atoms. The van der Waals surface area contributed by atoms with Crippen LogP contribution in [0.4, 0.5) is 4.39 Å². The molecule has 0 aliphatic carbocycles. The van der Waals surface area contributed by atoms with Crippen molar-refractivity contribution in [1.82, 2.24) is 0 Å². The topological polar surface area (TPSA) is 85.2 Å². The Balaban J connectivity index is 0.00000205. The summed E-state index contributed by atoms with van der Waals surface area (Å²) in [5, 5.41) is 20.5. The predicted molar refractivity (Wildman–Crippen MR) is 149 cm³/mol. The highest BCUT2D eigenvalue weighted by molar-refractivity contribution is 6.31. The van der Waals surface area contributed by atoms with Gasteiger partial charge in [0.2, 0.25) is 0 Å². The first-order chi connectivity index (χ1) is 18.8. The molecule has 210 valence electrons. The van der Waals surface area contributed by atoms with Gasteiger partial charge in [0, 0.05) is 17.9 Å². The van der Waals surface area contributed by atoms with Gasteiger partial charge in [-0.1, -0.05) is 74.0 Å². The molecule has 2 N–H and O–H groups in total. The van der Waals surface area contributed by atoms with Crippen LogP contribution in [0.3, 0.4) is 0 Å². The highest BCUT2D eigenvalue weighted by atomic mass is 35.5. The number of aliphatic hydroxyl groups is 1. The van der Waals surface area contributed by atoms with Crippen molar-refractivity contribution >= 4 is 17.6 Å². The predicted octanol–water partition coefficient (Wildman–Crippen LogP) is 6.75. The van der Waals surface area contributed by atoms with E-state index in [1.54, 1.807) is 31.2 Å². The summed E-state index contributed by atoms with van der Waals surface area (Å²) in [5.41, 5.74) is 1.33. The lowest BCUT2D eigenvalue weighted by molar-refractivity contribution is -0.212. The molecule has 1 heterocycles. The van der Waals surface area contributed by atoms with Gasteiger partial charge >= 0.3 is 5.97 Å². The number of ether oxygens (including phenoxy) is 3. The molecule has 8 heteroatoms. The van der Waals surface area contributed by atoms with Crippen molar-refractivity contribution in [2.45, 2.75) is 64.4 Å².